The predicted octanol–water partition coefficient (Wildman–Crippen LogP) is 3.33. The van der Waals surface area contributed by atoms with Gasteiger partial charge >= 0.3 is 0 Å². The van der Waals surface area contributed by atoms with Crippen molar-refractivity contribution in [1.29, 1.82) is 0 Å². The van der Waals surface area contributed by atoms with Gasteiger partial charge in [-0.3, -0.25) is 0 Å². The maximum absolute atomic E-state index is 10.5. The molecule has 1 rings (SSSR count). The summed E-state index contributed by atoms with van der Waals surface area (Å²) in [5, 5.41) is 0. The van der Waals surface area contributed by atoms with E-state index in [0.717, 1.165) is 12.7 Å². The number of hydrogen-bond donors (Lipinski definition) is 0. The molecule has 0 bridgehead atoms. The lowest BCUT2D eigenvalue weighted by atomic mass is 9.93. The number of aldehydes is 1. The summed E-state index contributed by atoms with van der Waals surface area (Å²) < 4.78 is 0. The van der Waals surface area contributed by atoms with E-state index in [9.17, 15) is 4.79 Å². The Morgan fingerprint density at radius 2 is 1.93 bits per heavy atom. The molecule has 1 aromatic rings. The second-order valence-electron chi connectivity index (χ2n) is 3.31. The first-order valence-electron chi connectivity index (χ1n) is 4.98. The second-order valence-corrected chi connectivity index (χ2v) is 3.31. The number of rotatable bonds is 5. The van der Waals surface area contributed by atoms with Gasteiger partial charge in [0, 0.05) is 6.42 Å². The molecule has 1 aromatic carbocycles. The molecule has 0 saturated heterocycles. The van der Waals surface area contributed by atoms with Crippen molar-refractivity contribution in [2.75, 3.05) is 0 Å². The lowest BCUT2D eigenvalue weighted by molar-refractivity contribution is -0.108. The van der Waals surface area contributed by atoms with Crippen LogP contribution in [0.5, 0.6) is 0 Å². The van der Waals surface area contributed by atoms with Crippen LogP contribution >= 0.6 is 0 Å². The third-order valence-corrected chi connectivity index (χ3v) is 2.31. The van der Waals surface area contributed by atoms with Gasteiger partial charge in [-0.2, -0.15) is 0 Å². The first-order valence-corrected chi connectivity index (χ1v) is 4.98. The molecule has 0 N–H and O–H groups in total. The number of hydrogen-bond acceptors (Lipinski definition) is 1. The van der Waals surface area contributed by atoms with Crippen LogP contribution in [0.25, 0.3) is 0 Å². The fourth-order valence-corrected chi connectivity index (χ4v) is 1.51. The van der Waals surface area contributed by atoms with E-state index in [4.69, 9.17) is 0 Å². The first kappa shape index (κ1) is 10.7. The van der Waals surface area contributed by atoms with E-state index < -0.39 is 0 Å². The van der Waals surface area contributed by atoms with Crippen LogP contribution < -0.4 is 0 Å². The summed E-state index contributed by atoms with van der Waals surface area (Å²) in [5.74, 6) is 0.338. The maximum Gasteiger partial charge on any atom is 0.120 e. The zero-order valence-electron chi connectivity index (χ0n) is 8.52. The molecule has 0 saturated carbocycles. The molecule has 1 unspecified atom stereocenters. The molecule has 0 spiro atoms. The van der Waals surface area contributed by atoms with Crippen LogP contribution in [0.1, 0.15) is 31.2 Å². The van der Waals surface area contributed by atoms with E-state index in [2.05, 4.69) is 18.2 Å². The van der Waals surface area contributed by atoms with Crippen LogP contribution in [0, 0.1) is 0 Å². The van der Waals surface area contributed by atoms with Crippen LogP contribution in [0.15, 0.2) is 42.5 Å². The maximum atomic E-state index is 10.5. The molecule has 0 aliphatic rings. The van der Waals surface area contributed by atoms with Crippen LogP contribution in [0.4, 0.5) is 0 Å². The standard InChI is InChI=1S/C13H16O/c1-2-3-7-13(10-11-14)12-8-5-4-6-9-12/h2-6,8-9,11,13H,7,10H2,1H3/b3-2+. The Kier molecular flexibility index (Phi) is 4.70. The van der Waals surface area contributed by atoms with E-state index in [0.29, 0.717) is 12.3 Å². The molecule has 1 heteroatoms. The Hall–Kier alpha value is -1.37. The lowest BCUT2D eigenvalue weighted by Crippen LogP contribution is -1.98. The molecule has 0 amide bonds. The lowest BCUT2D eigenvalue weighted by Gasteiger charge is -2.11. The van der Waals surface area contributed by atoms with Crippen LogP contribution in [0.2, 0.25) is 0 Å². The van der Waals surface area contributed by atoms with Gasteiger partial charge in [0.05, 0.1) is 0 Å². The summed E-state index contributed by atoms with van der Waals surface area (Å²) in [5.41, 5.74) is 1.25. The summed E-state index contributed by atoms with van der Waals surface area (Å²) in [6, 6.07) is 10.2. The minimum absolute atomic E-state index is 0.338. The topological polar surface area (TPSA) is 17.1 Å². The van der Waals surface area contributed by atoms with Gasteiger partial charge in [0.1, 0.15) is 6.29 Å². The molecule has 0 aliphatic carbocycles. The van der Waals surface area contributed by atoms with Gasteiger partial charge in [-0.15, -0.1) is 0 Å². The van der Waals surface area contributed by atoms with Gasteiger partial charge in [-0.05, 0) is 24.8 Å². The van der Waals surface area contributed by atoms with Crippen molar-refractivity contribution in [2.24, 2.45) is 0 Å². The van der Waals surface area contributed by atoms with Crippen molar-refractivity contribution in [3.8, 4) is 0 Å². The molecule has 74 valence electrons. The molecule has 0 aliphatic heterocycles. The average molecular weight is 188 g/mol. The Labute approximate surface area is 85.5 Å². The molecule has 0 aromatic heterocycles. The van der Waals surface area contributed by atoms with Crippen LogP contribution in [-0.2, 0) is 4.79 Å². The molecule has 1 nitrogen and oxygen atoms in total. The number of carbonyl (C=O) groups excluding carboxylic acids is 1. The third kappa shape index (κ3) is 3.17. The van der Waals surface area contributed by atoms with Gasteiger partial charge < -0.3 is 4.79 Å². The zero-order chi connectivity index (χ0) is 10.2. The normalized spacial score (nSPS) is 12.9. The van der Waals surface area contributed by atoms with Gasteiger partial charge in [0.25, 0.3) is 0 Å². The molecule has 14 heavy (non-hydrogen) atoms. The van der Waals surface area contributed by atoms with Crippen molar-refractivity contribution in [3.05, 3.63) is 48.0 Å². The van der Waals surface area contributed by atoms with Crippen LogP contribution in [0.3, 0.4) is 0 Å². The molecule has 1 atom stereocenters. The summed E-state index contributed by atoms with van der Waals surface area (Å²) in [6.07, 6.45) is 6.69. The fraction of sp³-hybridized carbons (Fsp3) is 0.308. The summed E-state index contributed by atoms with van der Waals surface area (Å²) in [7, 11) is 0. The predicted molar refractivity (Wildman–Crippen MR) is 59.3 cm³/mol. The molecular formula is C13H16O. The summed E-state index contributed by atoms with van der Waals surface area (Å²) >= 11 is 0. The van der Waals surface area contributed by atoms with Gasteiger partial charge in [0.2, 0.25) is 0 Å². The Bertz CT molecular complexity index is 287. The smallest absolute Gasteiger partial charge is 0.120 e. The second kappa shape index (κ2) is 6.14. The van der Waals surface area contributed by atoms with Gasteiger partial charge in [-0.25, -0.2) is 0 Å². The fourth-order valence-electron chi connectivity index (χ4n) is 1.51. The van der Waals surface area contributed by atoms with Gasteiger partial charge in [-0.1, -0.05) is 42.5 Å². The average Bonchev–Trinajstić information content (AvgIpc) is 2.25. The van der Waals surface area contributed by atoms with Gasteiger partial charge in [0.15, 0.2) is 0 Å². The number of benzene rings is 1. The highest BCUT2D eigenvalue weighted by molar-refractivity contribution is 5.51. The number of carbonyl (C=O) groups is 1. The third-order valence-electron chi connectivity index (χ3n) is 2.31. The van der Waals surface area contributed by atoms with Crippen molar-refractivity contribution < 1.29 is 4.79 Å². The van der Waals surface area contributed by atoms with Crippen LogP contribution in [-0.4, -0.2) is 6.29 Å². The van der Waals surface area contributed by atoms with Crippen molar-refractivity contribution in [3.63, 3.8) is 0 Å². The number of allylic oxidation sites excluding steroid dienone is 2. The summed E-state index contributed by atoms with van der Waals surface area (Å²) in [4.78, 5) is 10.5. The summed E-state index contributed by atoms with van der Waals surface area (Å²) in [6.45, 7) is 2.00. The highest BCUT2D eigenvalue weighted by Crippen LogP contribution is 2.22. The molecule has 0 heterocycles. The van der Waals surface area contributed by atoms with E-state index in [1.165, 1.54) is 5.56 Å². The minimum Gasteiger partial charge on any atom is -0.303 e. The monoisotopic (exact) mass is 188 g/mol. The highest BCUT2D eigenvalue weighted by Gasteiger charge is 2.07. The van der Waals surface area contributed by atoms with Crippen molar-refractivity contribution >= 4 is 6.29 Å². The van der Waals surface area contributed by atoms with E-state index in [1.54, 1.807) is 0 Å². The largest absolute Gasteiger partial charge is 0.303 e. The Morgan fingerprint density at radius 3 is 2.50 bits per heavy atom. The van der Waals surface area contributed by atoms with E-state index in [1.807, 2.05) is 31.2 Å². The van der Waals surface area contributed by atoms with E-state index >= 15 is 0 Å². The van der Waals surface area contributed by atoms with Crippen molar-refractivity contribution in [2.45, 2.75) is 25.7 Å². The molecule has 0 radical (unpaired) electrons. The Balaban J connectivity index is 2.71. The highest BCUT2D eigenvalue weighted by atomic mass is 16.1. The minimum atomic E-state index is 0.338. The molecule has 0 fully saturated rings. The van der Waals surface area contributed by atoms with Crippen molar-refractivity contribution in [1.82, 2.24) is 0 Å². The first-order chi connectivity index (χ1) is 6.88. The zero-order valence-corrected chi connectivity index (χ0v) is 8.52. The van der Waals surface area contributed by atoms with E-state index in [-0.39, 0.29) is 0 Å². The quantitative estimate of drug-likeness (QED) is 0.511. The Morgan fingerprint density at radius 1 is 1.21 bits per heavy atom. The SMILES string of the molecule is C/C=C/CC(CC=O)c1ccccc1. The molecular weight excluding hydrogens is 172 g/mol.